The lowest BCUT2D eigenvalue weighted by atomic mass is 10.3. The fourth-order valence-electron chi connectivity index (χ4n) is 1.30. The van der Waals surface area contributed by atoms with Gasteiger partial charge in [-0.3, -0.25) is 4.18 Å². The van der Waals surface area contributed by atoms with Gasteiger partial charge in [-0.15, -0.1) is 0 Å². The third-order valence-electron chi connectivity index (χ3n) is 2.02. The normalized spacial score (nSPS) is 20.8. The fourth-order valence-corrected chi connectivity index (χ4v) is 1.88. The molecule has 0 aliphatic carbocycles. The van der Waals surface area contributed by atoms with E-state index in [-0.39, 0.29) is 13.2 Å². The van der Waals surface area contributed by atoms with Crippen LogP contribution in [-0.4, -0.2) is 36.4 Å². The Morgan fingerprint density at radius 3 is 2.88 bits per heavy atom. The number of hydrogen-bond donors (Lipinski definition) is 0. The minimum Gasteiger partial charge on any atom is -0.475 e. The van der Waals surface area contributed by atoms with Gasteiger partial charge in [-0.1, -0.05) is 0 Å². The standard InChI is InChI=1S/C7H7F3N2O4S/c8-7(9,10)17(13,14)16-5-3-12-6(15-4-5)1-2-11-12/h1-2,5H,3-4H2/t5-/m0/s1. The van der Waals surface area contributed by atoms with Crippen molar-refractivity contribution < 1.29 is 30.5 Å². The van der Waals surface area contributed by atoms with Crippen LogP contribution in [0.25, 0.3) is 0 Å². The van der Waals surface area contributed by atoms with Crippen LogP contribution in [0.3, 0.4) is 0 Å². The van der Waals surface area contributed by atoms with Gasteiger partial charge in [-0.2, -0.15) is 26.7 Å². The molecule has 1 atom stereocenters. The van der Waals surface area contributed by atoms with Gasteiger partial charge in [0.2, 0.25) is 5.88 Å². The first-order valence-corrected chi connectivity index (χ1v) is 5.84. The zero-order valence-corrected chi connectivity index (χ0v) is 9.03. The topological polar surface area (TPSA) is 70.4 Å². The first-order valence-electron chi connectivity index (χ1n) is 4.44. The summed E-state index contributed by atoms with van der Waals surface area (Å²) in [6.45, 7) is -0.390. The molecule has 0 aromatic carbocycles. The van der Waals surface area contributed by atoms with E-state index in [1.807, 2.05) is 0 Å². The second-order valence-electron chi connectivity index (χ2n) is 3.28. The second-order valence-corrected chi connectivity index (χ2v) is 4.84. The van der Waals surface area contributed by atoms with Crippen LogP contribution in [0.2, 0.25) is 0 Å². The summed E-state index contributed by atoms with van der Waals surface area (Å²) in [5.74, 6) is 0.356. The number of ether oxygens (including phenoxy) is 1. The predicted molar refractivity (Wildman–Crippen MR) is 47.6 cm³/mol. The Labute approximate surface area is 94.1 Å². The Morgan fingerprint density at radius 2 is 2.24 bits per heavy atom. The van der Waals surface area contributed by atoms with E-state index >= 15 is 0 Å². The molecule has 2 rings (SSSR count). The fraction of sp³-hybridized carbons (Fsp3) is 0.571. The molecule has 0 fully saturated rings. The van der Waals surface area contributed by atoms with Crippen molar-refractivity contribution in [2.75, 3.05) is 6.61 Å². The molecule has 10 heteroatoms. The van der Waals surface area contributed by atoms with Gasteiger partial charge in [0, 0.05) is 6.07 Å². The molecule has 96 valence electrons. The van der Waals surface area contributed by atoms with E-state index in [0.717, 1.165) is 0 Å². The Balaban J connectivity index is 2.09. The highest BCUT2D eigenvalue weighted by atomic mass is 32.2. The van der Waals surface area contributed by atoms with Crippen LogP contribution in [0.1, 0.15) is 0 Å². The summed E-state index contributed by atoms with van der Waals surface area (Å²) in [6.07, 6.45) is 0.143. The largest absolute Gasteiger partial charge is 0.523 e. The van der Waals surface area contributed by atoms with Crippen molar-refractivity contribution in [3.8, 4) is 5.88 Å². The highest BCUT2D eigenvalue weighted by Gasteiger charge is 2.49. The van der Waals surface area contributed by atoms with Crippen LogP contribution in [0.15, 0.2) is 12.3 Å². The van der Waals surface area contributed by atoms with Gasteiger partial charge in [0.15, 0.2) is 0 Å². The average Bonchev–Trinajstić information content (AvgIpc) is 2.62. The number of alkyl halides is 3. The SMILES string of the molecule is O=S(=O)(O[C@@H]1COc2ccnn2C1)C(F)(F)F. The van der Waals surface area contributed by atoms with E-state index in [1.165, 1.54) is 16.9 Å². The van der Waals surface area contributed by atoms with Crippen LogP contribution < -0.4 is 4.74 Å². The van der Waals surface area contributed by atoms with Crippen LogP contribution >= 0.6 is 0 Å². The molecule has 0 bridgehead atoms. The molecule has 0 saturated carbocycles. The maximum atomic E-state index is 12.0. The molecule has 17 heavy (non-hydrogen) atoms. The zero-order valence-electron chi connectivity index (χ0n) is 8.22. The minimum absolute atomic E-state index is 0.113. The average molecular weight is 272 g/mol. The second kappa shape index (κ2) is 3.88. The molecule has 0 saturated heterocycles. The third-order valence-corrected chi connectivity index (χ3v) is 3.11. The molecule has 6 nitrogen and oxygen atoms in total. The van der Waals surface area contributed by atoms with E-state index < -0.39 is 21.7 Å². The smallest absolute Gasteiger partial charge is 0.475 e. The zero-order chi connectivity index (χ0) is 12.7. The van der Waals surface area contributed by atoms with E-state index in [1.54, 1.807) is 0 Å². The lowest BCUT2D eigenvalue weighted by Gasteiger charge is -2.23. The molecule has 2 heterocycles. The summed E-state index contributed by atoms with van der Waals surface area (Å²) in [7, 11) is -5.60. The summed E-state index contributed by atoms with van der Waals surface area (Å²) in [5.41, 5.74) is -5.43. The van der Waals surface area contributed by atoms with Gasteiger partial charge in [0.1, 0.15) is 12.7 Å². The molecule has 0 amide bonds. The van der Waals surface area contributed by atoms with Crippen LogP contribution in [0, 0.1) is 0 Å². The van der Waals surface area contributed by atoms with Crippen LogP contribution in [0.5, 0.6) is 5.88 Å². The van der Waals surface area contributed by atoms with Crippen LogP contribution in [0.4, 0.5) is 13.2 Å². The predicted octanol–water partition coefficient (Wildman–Crippen LogP) is 0.510. The van der Waals surface area contributed by atoms with Crippen LogP contribution in [-0.2, 0) is 20.8 Å². The first-order chi connectivity index (χ1) is 7.79. The Morgan fingerprint density at radius 1 is 1.53 bits per heavy atom. The summed E-state index contributed by atoms with van der Waals surface area (Å²) in [6, 6.07) is 1.51. The number of aromatic nitrogens is 2. The van der Waals surface area contributed by atoms with Gasteiger partial charge in [-0.25, -0.2) is 4.68 Å². The molecule has 1 aromatic rings. The number of hydrogen-bond acceptors (Lipinski definition) is 5. The highest BCUT2D eigenvalue weighted by Crippen LogP contribution is 2.27. The molecular weight excluding hydrogens is 265 g/mol. The molecule has 0 radical (unpaired) electrons. The maximum Gasteiger partial charge on any atom is 0.523 e. The van der Waals surface area contributed by atoms with E-state index in [9.17, 15) is 21.6 Å². The monoisotopic (exact) mass is 272 g/mol. The third kappa shape index (κ3) is 2.36. The van der Waals surface area contributed by atoms with E-state index in [0.29, 0.717) is 5.88 Å². The van der Waals surface area contributed by atoms with Gasteiger partial charge in [0.05, 0.1) is 12.7 Å². The van der Waals surface area contributed by atoms with E-state index in [4.69, 9.17) is 4.74 Å². The summed E-state index contributed by atoms with van der Waals surface area (Å²) in [5, 5.41) is 3.73. The van der Waals surface area contributed by atoms with Crippen molar-refractivity contribution in [1.82, 2.24) is 9.78 Å². The molecule has 0 unspecified atom stereocenters. The number of halogens is 3. The summed E-state index contributed by atoms with van der Waals surface area (Å²) >= 11 is 0. The Hall–Kier alpha value is -1.29. The summed E-state index contributed by atoms with van der Waals surface area (Å²) < 4.78 is 67.9. The van der Waals surface area contributed by atoms with Crippen molar-refractivity contribution >= 4 is 10.1 Å². The van der Waals surface area contributed by atoms with Crippen molar-refractivity contribution in [1.29, 1.82) is 0 Å². The van der Waals surface area contributed by atoms with Gasteiger partial charge < -0.3 is 4.74 Å². The molecule has 1 aliphatic rings. The highest BCUT2D eigenvalue weighted by molar-refractivity contribution is 7.87. The van der Waals surface area contributed by atoms with Crippen molar-refractivity contribution in [2.45, 2.75) is 18.2 Å². The molecule has 1 aliphatic heterocycles. The molecule has 0 spiro atoms. The molecule has 0 N–H and O–H groups in total. The van der Waals surface area contributed by atoms with Gasteiger partial charge in [-0.05, 0) is 0 Å². The maximum absolute atomic E-state index is 12.0. The first kappa shape index (κ1) is 12.2. The number of nitrogens with zero attached hydrogens (tertiary/aromatic N) is 2. The van der Waals surface area contributed by atoms with Gasteiger partial charge >= 0.3 is 15.6 Å². The van der Waals surface area contributed by atoms with Gasteiger partial charge in [0.25, 0.3) is 0 Å². The molecule has 1 aromatic heterocycles. The Bertz CT molecular complexity index is 509. The van der Waals surface area contributed by atoms with Crippen molar-refractivity contribution in [2.24, 2.45) is 0 Å². The summed E-state index contributed by atoms with van der Waals surface area (Å²) in [4.78, 5) is 0. The quantitative estimate of drug-likeness (QED) is 0.579. The molecular formula is C7H7F3N2O4S. The van der Waals surface area contributed by atoms with Crippen molar-refractivity contribution in [3.05, 3.63) is 12.3 Å². The Kier molecular flexibility index (Phi) is 2.78. The van der Waals surface area contributed by atoms with E-state index in [2.05, 4.69) is 9.28 Å². The number of rotatable bonds is 2. The van der Waals surface area contributed by atoms with Crippen molar-refractivity contribution in [3.63, 3.8) is 0 Å². The lowest BCUT2D eigenvalue weighted by Crippen LogP contribution is -2.38. The minimum atomic E-state index is -5.60. The lowest BCUT2D eigenvalue weighted by molar-refractivity contribution is -0.0608. The number of fused-ring (bicyclic) bond motifs is 1.